The van der Waals surface area contributed by atoms with E-state index in [1.54, 1.807) is 0 Å². The van der Waals surface area contributed by atoms with Crippen molar-refractivity contribution in [2.45, 2.75) is 50.5 Å². The molecule has 1 rings (SSSR count). The molecule has 6 heteroatoms. The smallest absolute Gasteiger partial charge is 0.186 e. The molecule has 1 fully saturated rings. The zero-order valence-electron chi connectivity index (χ0n) is 9.32. The van der Waals surface area contributed by atoms with Crippen molar-refractivity contribution in [2.75, 3.05) is 13.2 Å². The van der Waals surface area contributed by atoms with E-state index in [0.29, 0.717) is 6.61 Å². The number of hydrogen-bond acceptors (Lipinski definition) is 6. The molecular formula is C10H20O6. The van der Waals surface area contributed by atoms with Gasteiger partial charge in [-0.1, -0.05) is 13.3 Å². The minimum Gasteiger partial charge on any atom is -0.394 e. The average molecular weight is 236 g/mol. The van der Waals surface area contributed by atoms with Crippen molar-refractivity contribution in [1.82, 2.24) is 0 Å². The summed E-state index contributed by atoms with van der Waals surface area (Å²) in [5.74, 6) is 0. The van der Waals surface area contributed by atoms with E-state index in [4.69, 9.17) is 14.6 Å². The van der Waals surface area contributed by atoms with Crippen molar-refractivity contribution >= 4 is 0 Å². The molecule has 4 N–H and O–H groups in total. The van der Waals surface area contributed by atoms with Crippen LogP contribution in [0.2, 0.25) is 0 Å². The van der Waals surface area contributed by atoms with Gasteiger partial charge < -0.3 is 29.9 Å². The van der Waals surface area contributed by atoms with Gasteiger partial charge >= 0.3 is 0 Å². The highest BCUT2D eigenvalue weighted by molar-refractivity contribution is 4.88. The Morgan fingerprint density at radius 2 is 1.81 bits per heavy atom. The van der Waals surface area contributed by atoms with Gasteiger partial charge in [-0.2, -0.15) is 0 Å². The predicted octanol–water partition coefficient (Wildman–Crippen LogP) is -1.40. The highest BCUT2D eigenvalue weighted by atomic mass is 16.7. The van der Waals surface area contributed by atoms with Crippen LogP contribution < -0.4 is 0 Å². The Morgan fingerprint density at radius 1 is 1.12 bits per heavy atom. The van der Waals surface area contributed by atoms with Crippen LogP contribution in [0.15, 0.2) is 0 Å². The maximum absolute atomic E-state index is 9.58. The Kier molecular flexibility index (Phi) is 5.60. The fraction of sp³-hybridized carbons (Fsp3) is 1.00. The highest BCUT2D eigenvalue weighted by Gasteiger charge is 2.43. The van der Waals surface area contributed by atoms with Gasteiger partial charge in [0.15, 0.2) is 6.29 Å². The molecule has 0 aliphatic carbocycles. The first-order valence-electron chi connectivity index (χ1n) is 5.54. The van der Waals surface area contributed by atoms with Crippen molar-refractivity contribution in [3.8, 4) is 0 Å². The summed E-state index contributed by atoms with van der Waals surface area (Å²) in [5.41, 5.74) is 0. The molecule has 6 nitrogen and oxygen atoms in total. The number of rotatable bonds is 5. The molecular weight excluding hydrogens is 216 g/mol. The second kappa shape index (κ2) is 6.48. The molecule has 1 saturated heterocycles. The Balaban J connectivity index is 2.50. The van der Waals surface area contributed by atoms with Crippen LogP contribution in [0.1, 0.15) is 19.8 Å². The van der Waals surface area contributed by atoms with Gasteiger partial charge in [-0.05, 0) is 6.42 Å². The lowest BCUT2D eigenvalue weighted by molar-refractivity contribution is -0.301. The van der Waals surface area contributed by atoms with E-state index >= 15 is 0 Å². The fourth-order valence-electron chi connectivity index (χ4n) is 1.55. The largest absolute Gasteiger partial charge is 0.394 e. The maximum atomic E-state index is 9.58. The molecule has 0 saturated carbocycles. The van der Waals surface area contributed by atoms with Crippen LogP contribution in [-0.4, -0.2) is 64.3 Å². The lowest BCUT2D eigenvalue weighted by atomic mass is 9.99. The molecule has 1 aliphatic heterocycles. The molecule has 0 amide bonds. The Bertz CT molecular complexity index is 198. The lowest BCUT2D eigenvalue weighted by Crippen LogP contribution is -2.59. The van der Waals surface area contributed by atoms with Gasteiger partial charge in [-0.25, -0.2) is 0 Å². The monoisotopic (exact) mass is 236 g/mol. The third-order valence-corrected chi connectivity index (χ3v) is 2.63. The van der Waals surface area contributed by atoms with E-state index in [1.807, 2.05) is 6.92 Å². The molecule has 5 atom stereocenters. The summed E-state index contributed by atoms with van der Waals surface area (Å²) in [6, 6.07) is 0. The summed E-state index contributed by atoms with van der Waals surface area (Å²) < 4.78 is 10.4. The summed E-state index contributed by atoms with van der Waals surface area (Å²) >= 11 is 0. The van der Waals surface area contributed by atoms with Crippen LogP contribution in [-0.2, 0) is 9.47 Å². The Hall–Kier alpha value is -0.240. The summed E-state index contributed by atoms with van der Waals surface area (Å²) in [4.78, 5) is 0. The second-order valence-corrected chi connectivity index (χ2v) is 3.92. The summed E-state index contributed by atoms with van der Waals surface area (Å²) in [7, 11) is 0. The van der Waals surface area contributed by atoms with E-state index in [-0.39, 0.29) is 0 Å². The van der Waals surface area contributed by atoms with E-state index in [1.165, 1.54) is 0 Å². The molecule has 0 spiro atoms. The number of unbranched alkanes of at least 4 members (excludes halogenated alkanes) is 1. The summed E-state index contributed by atoms with van der Waals surface area (Å²) in [6.45, 7) is 1.97. The normalized spacial score (nSPS) is 39.9. The topological polar surface area (TPSA) is 99.4 Å². The van der Waals surface area contributed by atoms with Crippen LogP contribution in [0.5, 0.6) is 0 Å². The van der Waals surface area contributed by atoms with Crippen LogP contribution in [0.25, 0.3) is 0 Å². The first-order valence-corrected chi connectivity index (χ1v) is 5.54. The second-order valence-electron chi connectivity index (χ2n) is 3.92. The Morgan fingerprint density at radius 3 is 2.38 bits per heavy atom. The first-order chi connectivity index (χ1) is 7.61. The van der Waals surface area contributed by atoms with Gasteiger partial charge in [0.05, 0.1) is 6.61 Å². The van der Waals surface area contributed by atoms with Crippen molar-refractivity contribution in [3.05, 3.63) is 0 Å². The summed E-state index contributed by atoms with van der Waals surface area (Å²) in [5, 5.41) is 37.5. The molecule has 0 aromatic heterocycles. The van der Waals surface area contributed by atoms with Crippen molar-refractivity contribution in [3.63, 3.8) is 0 Å². The molecule has 1 aliphatic rings. The standard InChI is InChI=1S/C10H20O6/c1-2-3-4-15-10-9(14)8(13)7(12)6(5-11)16-10/h6-14H,2-5H2,1H3/t6-,7+,8+,9+,10-/m0/s1. The number of aliphatic hydroxyl groups is 4. The number of ether oxygens (including phenoxy) is 2. The zero-order valence-corrected chi connectivity index (χ0v) is 9.32. The third-order valence-electron chi connectivity index (χ3n) is 2.63. The van der Waals surface area contributed by atoms with Crippen molar-refractivity contribution in [1.29, 1.82) is 0 Å². The number of aliphatic hydroxyl groups excluding tert-OH is 4. The minimum absolute atomic E-state index is 0.402. The molecule has 0 unspecified atom stereocenters. The van der Waals surface area contributed by atoms with Crippen molar-refractivity contribution < 1.29 is 29.9 Å². The quantitative estimate of drug-likeness (QED) is 0.438. The van der Waals surface area contributed by atoms with Crippen molar-refractivity contribution in [2.24, 2.45) is 0 Å². The number of hydrogen-bond donors (Lipinski definition) is 4. The molecule has 1 heterocycles. The van der Waals surface area contributed by atoms with E-state index < -0.39 is 37.3 Å². The fourth-order valence-corrected chi connectivity index (χ4v) is 1.55. The minimum atomic E-state index is -1.36. The van der Waals surface area contributed by atoms with Gasteiger partial charge in [0.1, 0.15) is 24.4 Å². The molecule has 0 bridgehead atoms. The van der Waals surface area contributed by atoms with Gasteiger partial charge in [-0.3, -0.25) is 0 Å². The van der Waals surface area contributed by atoms with Crippen LogP contribution in [0, 0.1) is 0 Å². The van der Waals surface area contributed by atoms with E-state index in [0.717, 1.165) is 12.8 Å². The maximum Gasteiger partial charge on any atom is 0.186 e. The molecule has 16 heavy (non-hydrogen) atoms. The van der Waals surface area contributed by atoms with Crippen LogP contribution >= 0.6 is 0 Å². The van der Waals surface area contributed by atoms with Gasteiger partial charge in [0, 0.05) is 6.61 Å². The van der Waals surface area contributed by atoms with E-state index in [2.05, 4.69) is 0 Å². The van der Waals surface area contributed by atoms with E-state index in [9.17, 15) is 15.3 Å². The average Bonchev–Trinajstić information content (AvgIpc) is 2.29. The highest BCUT2D eigenvalue weighted by Crippen LogP contribution is 2.21. The van der Waals surface area contributed by atoms with Crippen LogP contribution in [0.4, 0.5) is 0 Å². The predicted molar refractivity (Wildman–Crippen MR) is 54.6 cm³/mol. The molecule has 0 aromatic carbocycles. The SMILES string of the molecule is CCCCO[C@H]1O[C@@H](CO)[C@@H](O)[C@@H](O)[C@H]1O. The third kappa shape index (κ3) is 3.13. The zero-order chi connectivity index (χ0) is 12.1. The summed E-state index contributed by atoms with van der Waals surface area (Å²) in [6.07, 6.45) is -4.13. The Labute approximate surface area is 94.4 Å². The molecule has 0 aromatic rings. The van der Waals surface area contributed by atoms with Gasteiger partial charge in [-0.15, -0.1) is 0 Å². The van der Waals surface area contributed by atoms with Gasteiger partial charge in [0.2, 0.25) is 0 Å². The van der Waals surface area contributed by atoms with Gasteiger partial charge in [0.25, 0.3) is 0 Å². The first kappa shape index (κ1) is 13.8. The molecule has 0 radical (unpaired) electrons. The molecule has 96 valence electrons. The van der Waals surface area contributed by atoms with Crippen LogP contribution in [0.3, 0.4) is 0 Å². The lowest BCUT2D eigenvalue weighted by Gasteiger charge is -2.39.